The van der Waals surface area contributed by atoms with E-state index >= 15 is 0 Å². The van der Waals surface area contributed by atoms with E-state index in [0.29, 0.717) is 11.2 Å². The lowest BCUT2D eigenvalue weighted by Gasteiger charge is -2.15. The first-order chi connectivity index (χ1) is 9.26. The summed E-state index contributed by atoms with van der Waals surface area (Å²) >= 11 is 0. The van der Waals surface area contributed by atoms with Gasteiger partial charge in [0, 0.05) is 18.7 Å². The van der Waals surface area contributed by atoms with Crippen LogP contribution in [-0.2, 0) is 21.1 Å². The van der Waals surface area contributed by atoms with Gasteiger partial charge in [-0.15, -0.1) is 0 Å². The monoisotopic (exact) mass is 277 g/mol. The zero-order chi connectivity index (χ0) is 15.1. The van der Waals surface area contributed by atoms with Crippen molar-refractivity contribution in [2.45, 2.75) is 19.4 Å². The summed E-state index contributed by atoms with van der Waals surface area (Å²) in [6.07, 6.45) is 1.56. The normalized spacial score (nSPS) is 17.0. The van der Waals surface area contributed by atoms with Gasteiger partial charge in [0.25, 0.3) is 5.56 Å². The molecule has 0 saturated carbocycles. The molecule has 2 heterocycles. The van der Waals surface area contributed by atoms with Crippen LogP contribution in [0.2, 0.25) is 0 Å². The summed E-state index contributed by atoms with van der Waals surface area (Å²) in [5.74, 6) is -0.195. The van der Waals surface area contributed by atoms with Gasteiger partial charge in [0.05, 0.1) is 12.9 Å². The molecule has 0 radical (unpaired) electrons. The molecule has 0 atom stereocenters. The lowest BCUT2D eigenvalue weighted by molar-refractivity contribution is 0.0598. The highest BCUT2D eigenvalue weighted by molar-refractivity contribution is 6.62. The van der Waals surface area contributed by atoms with Crippen LogP contribution in [0.4, 0.5) is 0 Å². The molecular formula is C13H16BNO5. The largest absolute Gasteiger partial charge is 0.564 e. The molecule has 0 spiro atoms. The molecule has 0 amide bonds. The van der Waals surface area contributed by atoms with Gasteiger partial charge in [-0.3, -0.25) is 4.79 Å². The highest BCUT2D eigenvalue weighted by atomic mass is 16.7. The molecule has 1 aliphatic heterocycles. The Morgan fingerprint density at radius 2 is 2.15 bits per heavy atom. The molecule has 6 nitrogen and oxygen atoms in total. The van der Waals surface area contributed by atoms with Crippen molar-refractivity contribution in [3.8, 4) is 0 Å². The minimum Gasteiger partial charge on any atom is -0.534 e. The van der Waals surface area contributed by atoms with Crippen LogP contribution in [0.1, 0.15) is 24.2 Å². The number of ether oxygens (including phenoxy) is 1. The maximum Gasteiger partial charge on any atom is 0.564 e. The highest BCUT2D eigenvalue weighted by Crippen LogP contribution is 2.28. The van der Waals surface area contributed by atoms with Crippen molar-refractivity contribution in [3.63, 3.8) is 0 Å². The Balaban J connectivity index is 2.45. The zero-order valence-electron chi connectivity index (χ0n) is 11.9. The van der Waals surface area contributed by atoms with Gasteiger partial charge < -0.3 is 18.6 Å². The van der Waals surface area contributed by atoms with Gasteiger partial charge in [0.15, 0.2) is 0 Å². The van der Waals surface area contributed by atoms with Crippen molar-refractivity contribution in [1.82, 2.24) is 4.57 Å². The number of rotatable bonds is 2. The third-order valence-electron chi connectivity index (χ3n) is 3.20. The van der Waals surface area contributed by atoms with Crippen LogP contribution in [0.5, 0.6) is 0 Å². The van der Waals surface area contributed by atoms with E-state index in [1.807, 2.05) is 13.8 Å². The van der Waals surface area contributed by atoms with Crippen molar-refractivity contribution < 1.29 is 18.8 Å². The topological polar surface area (TPSA) is 66.8 Å². The summed E-state index contributed by atoms with van der Waals surface area (Å²) in [4.78, 5) is 23.5. The first-order valence-electron chi connectivity index (χ1n) is 6.09. The lowest BCUT2D eigenvalue weighted by Crippen LogP contribution is -2.39. The fraction of sp³-hybridized carbons (Fsp3) is 0.385. The van der Waals surface area contributed by atoms with Crippen LogP contribution in [0.3, 0.4) is 0 Å². The maximum atomic E-state index is 11.9. The minimum absolute atomic E-state index is 0.0602. The average molecular weight is 277 g/mol. The predicted molar refractivity (Wildman–Crippen MR) is 73.8 cm³/mol. The van der Waals surface area contributed by atoms with E-state index in [4.69, 9.17) is 9.31 Å². The molecule has 7 heteroatoms. The Morgan fingerprint density at radius 1 is 1.50 bits per heavy atom. The Kier molecular flexibility index (Phi) is 3.47. The van der Waals surface area contributed by atoms with Gasteiger partial charge in [-0.25, -0.2) is 4.79 Å². The Morgan fingerprint density at radius 3 is 2.65 bits per heavy atom. The Bertz CT molecular complexity index is 634. The fourth-order valence-electron chi connectivity index (χ4n) is 1.89. The molecule has 1 aromatic rings. The Hall–Kier alpha value is -2.02. The summed E-state index contributed by atoms with van der Waals surface area (Å²) in [6, 6.07) is 1.42. The number of esters is 1. The number of aryl methyl sites for hydroxylation is 1. The molecular weight excluding hydrogens is 261 g/mol. The van der Waals surface area contributed by atoms with Crippen LogP contribution in [0.15, 0.2) is 29.4 Å². The van der Waals surface area contributed by atoms with Crippen molar-refractivity contribution in [2.24, 2.45) is 7.05 Å². The first-order valence-corrected chi connectivity index (χ1v) is 6.09. The number of aromatic nitrogens is 1. The fourth-order valence-corrected chi connectivity index (χ4v) is 1.89. The van der Waals surface area contributed by atoms with Crippen molar-refractivity contribution in [3.05, 3.63) is 40.5 Å². The van der Waals surface area contributed by atoms with Crippen LogP contribution >= 0.6 is 0 Å². The third kappa shape index (κ3) is 2.36. The summed E-state index contributed by atoms with van der Waals surface area (Å²) < 4.78 is 17.2. The van der Waals surface area contributed by atoms with E-state index in [-0.39, 0.29) is 5.56 Å². The lowest BCUT2D eigenvalue weighted by atomic mass is 9.79. The average Bonchev–Trinajstić information content (AvgIpc) is 2.66. The molecule has 1 saturated heterocycles. The minimum atomic E-state index is -0.701. The van der Waals surface area contributed by atoms with Gasteiger partial charge in [-0.2, -0.15) is 0 Å². The van der Waals surface area contributed by atoms with Crippen LogP contribution in [0.25, 0.3) is 0 Å². The third-order valence-corrected chi connectivity index (χ3v) is 3.20. The van der Waals surface area contributed by atoms with E-state index in [0.717, 1.165) is 0 Å². The molecule has 0 aromatic carbocycles. The van der Waals surface area contributed by atoms with Crippen molar-refractivity contribution in [1.29, 1.82) is 0 Å². The van der Waals surface area contributed by atoms with Gasteiger partial charge in [-0.1, -0.05) is 6.58 Å². The second kappa shape index (κ2) is 4.83. The van der Waals surface area contributed by atoms with E-state index < -0.39 is 24.2 Å². The zero-order valence-corrected chi connectivity index (χ0v) is 11.9. The van der Waals surface area contributed by atoms with Crippen molar-refractivity contribution >= 4 is 18.6 Å². The number of pyridine rings is 1. The van der Waals surface area contributed by atoms with Gasteiger partial charge in [-0.05, 0) is 19.9 Å². The molecule has 0 unspecified atom stereocenters. The van der Waals surface area contributed by atoms with E-state index in [1.54, 1.807) is 13.2 Å². The molecule has 2 rings (SSSR count). The second-order valence-electron chi connectivity index (χ2n) is 5.10. The van der Waals surface area contributed by atoms with Gasteiger partial charge >= 0.3 is 13.1 Å². The molecule has 1 aromatic heterocycles. The first kappa shape index (κ1) is 14.4. The SMILES string of the molecule is C=C1OB(c2cc(C(=O)OC)c(=O)n(C)c2)OC1(C)C. The maximum absolute atomic E-state index is 11.9. The quantitative estimate of drug-likeness (QED) is 0.571. The van der Waals surface area contributed by atoms with Crippen molar-refractivity contribution in [2.75, 3.05) is 7.11 Å². The number of carbonyl (C=O) groups is 1. The van der Waals surface area contributed by atoms with Crippen LogP contribution in [0, 0.1) is 0 Å². The summed E-state index contributed by atoms with van der Waals surface area (Å²) in [5, 5.41) is 0. The molecule has 0 bridgehead atoms. The second-order valence-corrected chi connectivity index (χ2v) is 5.10. The summed E-state index contributed by atoms with van der Waals surface area (Å²) in [7, 11) is 2.07. The number of hydrogen-bond donors (Lipinski definition) is 0. The number of nitrogens with zero attached hydrogens (tertiary/aromatic N) is 1. The smallest absolute Gasteiger partial charge is 0.534 e. The Labute approximate surface area is 117 Å². The number of hydrogen-bond acceptors (Lipinski definition) is 5. The number of carbonyl (C=O) groups excluding carboxylic acids is 1. The highest BCUT2D eigenvalue weighted by Gasteiger charge is 2.43. The molecule has 106 valence electrons. The molecule has 1 fully saturated rings. The molecule has 20 heavy (non-hydrogen) atoms. The number of methoxy groups -OCH3 is 1. The van der Waals surface area contributed by atoms with E-state index in [9.17, 15) is 9.59 Å². The van der Waals surface area contributed by atoms with Gasteiger partial charge in [0.1, 0.15) is 11.2 Å². The van der Waals surface area contributed by atoms with Crippen LogP contribution in [-0.4, -0.2) is 30.4 Å². The predicted octanol–water partition coefficient (Wildman–Crippen LogP) is 0.206. The molecule has 0 aliphatic carbocycles. The summed E-state index contributed by atoms with van der Waals surface area (Å²) in [5.41, 5.74) is -0.559. The molecule has 0 N–H and O–H groups in total. The summed E-state index contributed by atoms with van der Waals surface area (Å²) in [6.45, 7) is 7.45. The van der Waals surface area contributed by atoms with E-state index in [2.05, 4.69) is 11.3 Å². The van der Waals surface area contributed by atoms with E-state index in [1.165, 1.54) is 17.7 Å². The van der Waals surface area contributed by atoms with Crippen LogP contribution < -0.4 is 11.0 Å². The van der Waals surface area contributed by atoms with Gasteiger partial charge in [0.2, 0.25) is 0 Å². The standard InChI is InChI=1S/C13H16BNO5/c1-8-13(2,3)20-14(19-8)9-6-10(12(17)18-5)11(16)15(4)7-9/h6-7H,1H2,2-5H3. The molecule has 1 aliphatic rings.